The lowest BCUT2D eigenvalue weighted by molar-refractivity contribution is 0.482. The molecule has 0 fully saturated rings. The average Bonchev–Trinajstić information content (AvgIpc) is 2.80. The molecule has 0 radical (unpaired) electrons. The number of aryl methyl sites for hydroxylation is 1. The van der Waals surface area contributed by atoms with Gasteiger partial charge in [-0.25, -0.2) is 8.42 Å². The van der Waals surface area contributed by atoms with Crippen LogP contribution in [0.4, 0.5) is 0 Å². The molecule has 1 atom stereocenters. The lowest BCUT2D eigenvalue weighted by Crippen LogP contribution is -2.29. The van der Waals surface area contributed by atoms with E-state index in [1.54, 1.807) is 24.3 Å². The molecule has 0 spiro atoms. The number of benzene rings is 4. The lowest BCUT2D eigenvalue weighted by atomic mass is 9.99. The third kappa shape index (κ3) is 5.20. The molecule has 0 bridgehead atoms. The smallest absolute Gasteiger partial charge is 0.241 e. The predicted octanol–water partition coefficient (Wildman–Crippen LogP) is 5.86. The molecule has 0 aliphatic carbocycles. The van der Waals surface area contributed by atoms with Gasteiger partial charge in [-0.2, -0.15) is 4.72 Å². The van der Waals surface area contributed by atoms with Crippen LogP contribution < -0.4 is 9.46 Å². The fourth-order valence-electron chi connectivity index (χ4n) is 3.27. The van der Waals surface area contributed by atoms with Crippen molar-refractivity contribution in [2.24, 2.45) is 0 Å². The Morgan fingerprint density at radius 2 is 1.16 bits per heavy atom. The molecule has 0 aliphatic rings. The van der Waals surface area contributed by atoms with Gasteiger partial charge in [-0.3, -0.25) is 0 Å². The minimum absolute atomic E-state index is 0.181. The molecular weight excluding hydrogens is 406 g/mol. The van der Waals surface area contributed by atoms with Crippen molar-refractivity contribution in [2.75, 3.05) is 0 Å². The van der Waals surface area contributed by atoms with Gasteiger partial charge >= 0.3 is 0 Å². The van der Waals surface area contributed by atoms with Crippen LogP contribution in [0.15, 0.2) is 114 Å². The molecule has 156 valence electrons. The Bertz CT molecular complexity index is 1220. The highest BCUT2D eigenvalue weighted by Crippen LogP contribution is 2.27. The summed E-state index contributed by atoms with van der Waals surface area (Å²) >= 11 is 0. The minimum atomic E-state index is -3.76. The molecule has 5 heteroatoms. The minimum Gasteiger partial charge on any atom is -0.457 e. The maximum atomic E-state index is 13.2. The summed E-state index contributed by atoms with van der Waals surface area (Å²) in [5, 5.41) is 0. The topological polar surface area (TPSA) is 55.4 Å². The standard InChI is InChI=1S/C26H23NO3S/c1-20-12-14-22(15-13-20)26(21-8-4-2-5-9-21)27-31(28,29)25-18-16-24(17-19-25)30-23-10-6-3-7-11-23/h2-19,26-27H,1H3. The third-order valence-electron chi connectivity index (χ3n) is 4.93. The fraction of sp³-hybridized carbons (Fsp3) is 0.0769. The highest BCUT2D eigenvalue weighted by molar-refractivity contribution is 7.89. The normalized spacial score (nSPS) is 12.3. The molecule has 0 aromatic heterocycles. The van der Waals surface area contributed by atoms with Crippen LogP contribution in [0.2, 0.25) is 0 Å². The summed E-state index contributed by atoms with van der Waals surface area (Å²) in [6.07, 6.45) is 0. The number of hydrogen-bond acceptors (Lipinski definition) is 3. The van der Waals surface area contributed by atoms with Crippen molar-refractivity contribution in [1.82, 2.24) is 4.72 Å². The van der Waals surface area contributed by atoms with Crippen LogP contribution >= 0.6 is 0 Å². The molecule has 4 nitrogen and oxygen atoms in total. The monoisotopic (exact) mass is 429 g/mol. The first kappa shape index (κ1) is 20.8. The van der Waals surface area contributed by atoms with Crippen molar-refractivity contribution in [1.29, 1.82) is 0 Å². The predicted molar refractivity (Wildman–Crippen MR) is 123 cm³/mol. The summed E-state index contributed by atoms with van der Waals surface area (Å²) in [6, 6.07) is 32.7. The maximum absolute atomic E-state index is 13.2. The zero-order chi connectivity index (χ0) is 21.7. The highest BCUT2D eigenvalue weighted by Gasteiger charge is 2.23. The Morgan fingerprint density at radius 1 is 0.645 bits per heavy atom. The van der Waals surface area contributed by atoms with Gasteiger partial charge in [0.1, 0.15) is 11.5 Å². The number of nitrogens with one attached hydrogen (secondary N) is 1. The second-order valence-electron chi connectivity index (χ2n) is 7.26. The van der Waals surface area contributed by atoms with Crippen LogP contribution in [-0.4, -0.2) is 8.42 Å². The first-order chi connectivity index (χ1) is 15.0. The first-order valence-electron chi connectivity index (χ1n) is 9.98. The third-order valence-corrected chi connectivity index (χ3v) is 6.37. The van der Waals surface area contributed by atoms with Gasteiger partial charge in [0.15, 0.2) is 0 Å². The molecule has 4 rings (SSSR count). The van der Waals surface area contributed by atoms with Crippen molar-refractivity contribution in [2.45, 2.75) is 17.9 Å². The summed E-state index contributed by atoms with van der Waals surface area (Å²) < 4.78 is 35.0. The highest BCUT2D eigenvalue weighted by atomic mass is 32.2. The van der Waals surface area contributed by atoms with E-state index in [4.69, 9.17) is 4.74 Å². The summed E-state index contributed by atoms with van der Waals surface area (Å²) in [5.41, 5.74) is 2.87. The molecule has 0 amide bonds. The second kappa shape index (κ2) is 9.16. The van der Waals surface area contributed by atoms with E-state index in [9.17, 15) is 8.42 Å². The summed E-state index contributed by atoms with van der Waals surface area (Å²) in [6.45, 7) is 2.00. The van der Waals surface area contributed by atoms with E-state index in [1.807, 2.05) is 91.9 Å². The Kier molecular flexibility index (Phi) is 6.16. The molecule has 0 saturated carbocycles. The largest absolute Gasteiger partial charge is 0.457 e. The number of para-hydroxylation sites is 1. The first-order valence-corrected chi connectivity index (χ1v) is 11.5. The van der Waals surface area contributed by atoms with Gasteiger partial charge in [-0.15, -0.1) is 0 Å². The Morgan fingerprint density at radius 3 is 1.77 bits per heavy atom. The summed E-state index contributed by atoms with van der Waals surface area (Å²) in [7, 11) is -3.76. The molecular formula is C26H23NO3S. The van der Waals surface area contributed by atoms with E-state index >= 15 is 0 Å². The zero-order valence-electron chi connectivity index (χ0n) is 17.1. The molecule has 0 aliphatic heterocycles. The van der Waals surface area contributed by atoms with Gasteiger partial charge in [0, 0.05) is 0 Å². The van der Waals surface area contributed by atoms with Gasteiger partial charge in [0.25, 0.3) is 0 Å². The maximum Gasteiger partial charge on any atom is 0.241 e. The molecule has 4 aromatic rings. The molecule has 4 aromatic carbocycles. The molecule has 0 heterocycles. The Balaban J connectivity index is 1.59. The van der Waals surface area contributed by atoms with Gasteiger partial charge in [-0.1, -0.05) is 78.4 Å². The molecule has 1 unspecified atom stereocenters. The average molecular weight is 430 g/mol. The van der Waals surface area contributed by atoms with Gasteiger partial charge in [0.05, 0.1) is 10.9 Å². The van der Waals surface area contributed by atoms with Crippen molar-refractivity contribution in [3.63, 3.8) is 0 Å². The van der Waals surface area contributed by atoms with E-state index in [-0.39, 0.29) is 4.90 Å². The van der Waals surface area contributed by atoms with Crippen LogP contribution in [0, 0.1) is 6.92 Å². The number of hydrogen-bond donors (Lipinski definition) is 1. The van der Waals surface area contributed by atoms with E-state index < -0.39 is 16.1 Å². The van der Waals surface area contributed by atoms with E-state index in [0.29, 0.717) is 11.5 Å². The number of sulfonamides is 1. The fourth-order valence-corrected chi connectivity index (χ4v) is 4.48. The quantitative estimate of drug-likeness (QED) is 0.401. The zero-order valence-corrected chi connectivity index (χ0v) is 17.9. The van der Waals surface area contributed by atoms with E-state index in [0.717, 1.165) is 16.7 Å². The van der Waals surface area contributed by atoms with Gasteiger partial charge in [-0.05, 0) is 54.4 Å². The molecule has 0 saturated heterocycles. The van der Waals surface area contributed by atoms with Crippen molar-refractivity contribution in [3.05, 3.63) is 126 Å². The Hall–Kier alpha value is -3.41. The number of rotatable bonds is 7. The van der Waals surface area contributed by atoms with E-state index in [1.165, 1.54) is 0 Å². The van der Waals surface area contributed by atoms with Gasteiger partial charge in [0.2, 0.25) is 10.0 Å². The van der Waals surface area contributed by atoms with Crippen LogP contribution in [0.5, 0.6) is 11.5 Å². The van der Waals surface area contributed by atoms with Crippen LogP contribution in [0.3, 0.4) is 0 Å². The van der Waals surface area contributed by atoms with Crippen LogP contribution in [-0.2, 0) is 10.0 Å². The lowest BCUT2D eigenvalue weighted by Gasteiger charge is -2.20. The summed E-state index contributed by atoms with van der Waals surface area (Å²) in [5.74, 6) is 1.27. The Labute approximate surface area is 183 Å². The SMILES string of the molecule is Cc1ccc(C(NS(=O)(=O)c2ccc(Oc3ccccc3)cc2)c2ccccc2)cc1. The molecule has 31 heavy (non-hydrogen) atoms. The van der Waals surface area contributed by atoms with Crippen molar-refractivity contribution < 1.29 is 13.2 Å². The van der Waals surface area contributed by atoms with Crippen molar-refractivity contribution >= 4 is 10.0 Å². The molecule has 1 N–H and O–H groups in total. The van der Waals surface area contributed by atoms with Crippen LogP contribution in [0.25, 0.3) is 0 Å². The van der Waals surface area contributed by atoms with Gasteiger partial charge < -0.3 is 4.74 Å². The second-order valence-corrected chi connectivity index (χ2v) is 8.98. The van der Waals surface area contributed by atoms with E-state index in [2.05, 4.69) is 4.72 Å². The number of ether oxygens (including phenoxy) is 1. The van der Waals surface area contributed by atoms with Crippen LogP contribution in [0.1, 0.15) is 22.7 Å². The van der Waals surface area contributed by atoms with Crippen molar-refractivity contribution in [3.8, 4) is 11.5 Å². The summed E-state index contributed by atoms with van der Waals surface area (Å²) in [4.78, 5) is 0.181.